The van der Waals surface area contributed by atoms with Gasteiger partial charge in [0, 0.05) is 31.1 Å². The van der Waals surface area contributed by atoms with Crippen LogP contribution in [0.2, 0.25) is 0 Å². The minimum Gasteiger partial charge on any atom is -0.423 e. The first-order chi connectivity index (χ1) is 16.1. The molecule has 2 amide bonds. The second-order valence-electron chi connectivity index (χ2n) is 8.85. The summed E-state index contributed by atoms with van der Waals surface area (Å²) in [5.74, 6) is -0.263. The third-order valence-corrected chi connectivity index (χ3v) is 6.41. The second kappa shape index (κ2) is 7.74. The highest BCUT2D eigenvalue weighted by atomic mass is 19.4. The van der Waals surface area contributed by atoms with Crippen molar-refractivity contribution >= 4 is 11.7 Å². The first-order valence-corrected chi connectivity index (χ1v) is 10.7. The summed E-state index contributed by atoms with van der Waals surface area (Å²) < 4.78 is 61.2. The Bertz CT molecular complexity index is 1250. The highest BCUT2D eigenvalue weighted by Crippen LogP contribution is 2.55. The summed E-state index contributed by atoms with van der Waals surface area (Å²) in [6.45, 7) is 3.70. The monoisotopic (exact) mass is 476 g/mol. The van der Waals surface area contributed by atoms with E-state index in [0.717, 1.165) is 12.5 Å². The predicted octanol–water partition coefficient (Wildman–Crippen LogP) is 4.92. The lowest BCUT2D eigenvalue weighted by Crippen LogP contribution is -2.70. The Balaban J connectivity index is 1.50. The number of nitrogens with one attached hydrogen (secondary N) is 1. The third kappa shape index (κ3) is 3.57. The molecule has 8 nitrogen and oxygen atoms in total. The number of likely N-dealkylation sites (tertiary alicyclic amines) is 1. The molecular formula is C22H20F4N6O2. The van der Waals surface area contributed by atoms with Gasteiger partial charge in [0.2, 0.25) is 11.8 Å². The highest BCUT2D eigenvalue weighted by Gasteiger charge is 2.62. The topological polar surface area (TPSA) is 97.0 Å². The number of benzene rings is 1. The maximum atomic E-state index is 14.8. The van der Waals surface area contributed by atoms with Crippen molar-refractivity contribution in [3.8, 4) is 11.3 Å². The van der Waals surface area contributed by atoms with Crippen LogP contribution in [0.1, 0.15) is 43.5 Å². The van der Waals surface area contributed by atoms with Crippen LogP contribution in [0.3, 0.4) is 0 Å². The maximum absolute atomic E-state index is 14.8. The highest BCUT2D eigenvalue weighted by molar-refractivity contribution is 5.92. The Hall–Kier alpha value is -3.57. The van der Waals surface area contributed by atoms with Crippen molar-refractivity contribution in [2.45, 2.75) is 50.9 Å². The van der Waals surface area contributed by atoms with E-state index in [9.17, 15) is 22.4 Å². The molecule has 2 bridgehead atoms. The molecule has 1 saturated heterocycles. The number of hydrogen-bond acceptors (Lipinski definition) is 6. The smallest absolute Gasteiger partial charge is 0.417 e. The van der Waals surface area contributed by atoms with Crippen LogP contribution in [0.4, 0.5) is 28.0 Å². The van der Waals surface area contributed by atoms with Crippen LogP contribution in [-0.2, 0) is 11.7 Å². The summed E-state index contributed by atoms with van der Waals surface area (Å²) >= 11 is 0. The molecule has 5 rings (SSSR count). The Morgan fingerprint density at radius 1 is 1.24 bits per heavy atom. The summed E-state index contributed by atoms with van der Waals surface area (Å²) in [4.78, 5) is 14.8. The van der Waals surface area contributed by atoms with Gasteiger partial charge in [-0.2, -0.15) is 23.4 Å². The molecular weight excluding hydrogens is 456 g/mol. The van der Waals surface area contributed by atoms with Crippen molar-refractivity contribution in [1.82, 2.24) is 25.3 Å². The van der Waals surface area contributed by atoms with Crippen molar-refractivity contribution in [2.75, 3.05) is 5.32 Å². The number of urea groups is 1. The van der Waals surface area contributed by atoms with Crippen LogP contribution in [0.15, 0.2) is 34.9 Å². The Morgan fingerprint density at radius 2 is 2.03 bits per heavy atom. The number of rotatable bonds is 3. The van der Waals surface area contributed by atoms with E-state index in [2.05, 4.69) is 32.6 Å². The van der Waals surface area contributed by atoms with Gasteiger partial charge in [-0.15, -0.1) is 10.2 Å². The van der Waals surface area contributed by atoms with Crippen LogP contribution in [0.5, 0.6) is 0 Å². The molecule has 2 aromatic heterocycles. The fourth-order valence-corrected chi connectivity index (χ4v) is 5.17. The van der Waals surface area contributed by atoms with E-state index in [1.807, 2.05) is 0 Å². The van der Waals surface area contributed by atoms with E-state index >= 15 is 0 Å². The number of alkyl halides is 3. The second-order valence-corrected chi connectivity index (χ2v) is 8.85. The van der Waals surface area contributed by atoms with Crippen LogP contribution in [0.25, 0.3) is 11.3 Å². The molecule has 12 heteroatoms. The number of aryl methyl sites for hydroxylation is 1. The number of amides is 2. The minimum atomic E-state index is -4.83. The van der Waals surface area contributed by atoms with Crippen LogP contribution in [0, 0.1) is 18.7 Å². The lowest BCUT2D eigenvalue weighted by atomic mass is 9.64. The molecule has 0 radical (unpaired) electrons. The summed E-state index contributed by atoms with van der Waals surface area (Å²) in [5, 5.41) is 17.8. The van der Waals surface area contributed by atoms with E-state index in [-0.39, 0.29) is 11.7 Å². The lowest BCUT2D eigenvalue weighted by molar-refractivity contribution is -0.137. The van der Waals surface area contributed by atoms with E-state index in [4.69, 9.17) is 4.42 Å². The van der Waals surface area contributed by atoms with E-state index < -0.39 is 40.4 Å². The molecule has 3 heterocycles. The van der Waals surface area contributed by atoms with E-state index in [1.165, 1.54) is 18.3 Å². The quantitative estimate of drug-likeness (QED) is 0.539. The summed E-state index contributed by atoms with van der Waals surface area (Å²) in [6, 6.07) is 3.26. The van der Waals surface area contributed by atoms with Gasteiger partial charge in [0.25, 0.3) is 0 Å². The molecule has 1 aliphatic carbocycles. The first kappa shape index (κ1) is 22.2. The van der Waals surface area contributed by atoms with Gasteiger partial charge in [-0.1, -0.05) is 6.92 Å². The fourth-order valence-electron chi connectivity index (χ4n) is 5.17. The molecule has 1 N–H and O–H groups in total. The Kier molecular flexibility index (Phi) is 5.06. The van der Waals surface area contributed by atoms with Crippen LogP contribution < -0.4 is 5.32 Å². The van der Waals surface area contributed by atoms with Crippen molar-refractivity contribution in [3.63, 3.8) is 0 Å². The zero-order chi connectivity index (χ0) is 24.3. The number of fused-ring (bicyclic) bond motifs is 2. The number of piperidine rings is 1. The van der Waals surface area contributed by atoms with Crippen LogP contribution >= 0.6 is 0 Å². The average Bonchev–Trinajstić information content (AvgIpc) is 3.21. The molecule has 1 saturated carbocycles. The molecule has 0 spiro atoms. The lowest BCUT2D eigenvalue weighted by Gasteiger charge is -2.61. The minimum absolute atomic E-state index is 0.0993. The van der Waals surface area contributed by atoms with Crippen LogP contribution in [-0.4, -0.2) is 37.4 Å². The zero-order valence-corrected chi connectivity index (χ0v) is 18.2. The number of carbonyl (C=O) groups excluding carboxylic acids is 1. The number of anilines is 1. The van der Waals surface area contributed by atoms with Gasteiger partial charge in [0.15, 0.2) is 0 Å². The molecule has 34 heavy (non-hydrogen) atoms. The largest absolute Gasteiger partial charge is 0.423 e. The molecule has 178 valence electrons. The van der Waals surface area contributed by atoms with Gasteiger partial charge in [0.1, 0.15) is 11.4 Å². The molecule has 2 aliphatic rings. The van der Waals surface area contributed by atoms with E-state index in [0.29, 0.717) is 36.6 Å². The van der Waals surface area contributed by atoms with Gasteiger partial charge in [0.05, 0.1) is 16.9 Å². The molecule has 3 atom stereocenters. The summed E-state index contributed by atoms with van der Waals surface area (Å²) in [7, 11) is 0. The number of halogens is 4. The van der Waals surface area contributed by atoms with E-state index in [1.54, 1.807) is 11.8 Å². The van der Waals surface area contributed by atoms with Crippen molar-refractivity contribution in [3.05, 3.63) is 53.6 Å². The Labute approximate surface area is 191 Å². The summed E-state index contributed by atoms with van der Waals surface area (Å²) in [5.41, 5.74) is -2.93. The fraction of sp³-hybridized carbons (Fsp3) is 0.409. The SMILES string of the molecule is Cc1nnc([C@@]23C[C@@H](C)C[C@@H](C2)N3C(=O)Nc2cc(-c3cccnn3)c(C(F)(F)F)cc2F)o1. The number of nitrogens with zero attached hydrogens (tertiary/aromatic N) is 5. The average molecular weight is 476 g/mol. The molecule has 2 fully saturated rings. The number of hydrogen-bond donors (Lipinski definition) is 1. The molecule has 0 unspecified atom stereocenters. The molecule has 1 aromatic carbocycles. The zero-order valence-electron chi connectivity index (χ0n) is 18.2. The third-order valence-electron chi connectivity index (χ3n) is 6.41. The number of carbonyl (C=O) groups is 1. The van der Waals surface area contributed by atoms with Gasteiger partial charge in [-0.25, -0.2) is 9.18 Å². The molecule has 1 aliphatic heterocycles. The van der Waals surface area contributed by atoms with Gasteiger partial charge >= 0.3 is 12.2 Å². The van der Waals surface area contributed by atoms with Crippen molar-refractivity contribution < 1.29 is 26.8 Å². The summed E-state index contributed by atoms with van der Waals surface area (Å²) in [6.07, 6.45) is -1.58. The predicted molar refractivity (Wildman–Crippen MR) is 111 cm³/mol. The standard InChI is InChI=1S/C22H20F4N6O2/c1-11-6-13-10-21(9-11,19-31-29-12(2)34-19)32(13)20(33)28-18-7-14(17-4-3-5-27-30-17)15(8-16(18)23)22(24,25)26/h3-5,7-8,11,13H,6,9-10H2,1-2H3,(H,28,33)/t11-,13-,21+/m0/s1. The van der Waals surface area contributed by atoms with Gasteiger partial charge < -0.3 is 14.6 Å². The first-order valence-electron chi connectivity index (χ1n) is 10.7. The van der Waals surface area contributed by atoms with Crippen molar-refractivity contribution in [2.24, 2.45) is 5.92 Å². The number of aromatic nitrogens is 4. The van der Waals surface area contributed by atoms with Crippen molar-refractivity contribution in [1.29, 1.82) is 0 Å². The normalized spacial score (nSPS) is 24.0. The maximum Gasteiger partial charge on any atom is 0.417 e. The van der Waals surface area contributed by atoms with Gasteiger partial charge in [-0.05, 0) is 43.0 Å². The van der Waals surface area contributed by atoms with Gasteiger partial charge in [-0.3, -0.25) is 0 Å². The Morgan fingerprint density at radius 3 is 2.68 bits per heavy atom. The molecule has 3 aromatic rings.